The SMILES string of the molecule is C=C(C(=O)OC)[C@H](C#Cc1ccc(OC)cc1)c1ccc(Br)cc1. The number of hydrogen-bond donors (Lipinski definition) is 0. The maximum atomic E-state index is 11.9. The Balaban J connectivity index is 2.35. The Labute approximate surface area is 150 Å². The standard InChI is InChI=1S/C20H17BrO3/c1-14(20(22)24-3)19(16-7-9-17(21)10-8-16)13-6-15-4-11-18(23-2)12-5-15/h4-5,7-12,19H,1H2,2-3H3/t19-/m0/s1. The van der Waals surface area contributed by atoms with Crippen molar-refractivity contribution in [1.82, 2.24) is 0 Å². The van der Waals surface area contributed by atoms with Crippen molar-refractivity contribution in [3.63, 3.8) is 0 Å². The Kier molecular flexibility index (Phi) is 6.22. The number of methoxy groups -OCH3 is 2. The third kappa shape index (κ3) is 4.50. The number of esters is 1. The van der Waals surface area contributed by atoms with Gasteiger partial charge in [0.1, 0.15) is 5.75 Å². The molecule has 2 aromatic carbocycles. The van der Waals surface area contributed by atoms with E-state index in [9.17, 15) is 4.79 Å². The van der Waals surface area contributed by atoms with Crippen LogP contribution in [-0.4, -0.2) is 20.2 Å². The molecule has 4 heteroatoms. The van der Waals surface area contributed by atoms with Crippen molar-refractivity contribution >= 4 is 21.9 Å². The number of carbonyl (C=O) groups is 1. The van der Waals surface area contributed by atoms with E-state index in [0.29, 0.717) is 5.57 Å². The zero-order chi connectivity index (χ0) is 17.5. The van der Waals surface area contributed by atoms with E-state index in [1.54, 1.807) is 7.11 Å². The molecule has 0 aromatic heterocycles. The highest BCUT2D eigenvalue weighted by Gasteiger charge is 2.19. The van der Waals surface area contributed by atoms with Gasteiger partial charge in [-0.05, 0) is 42.0 Å². The van der Waals surface area contributed by atoms with Crippen LogP contribution in [0.4, 0.5) is 0 Å². The third-order valence-electron chi connectivity index (χ3n) is 3.45. The minimum absolute atomic E-state index is 0.306. The summed E-state index contributed by atoms with van der Waals surface area (Å²) in [5.74, 6) is 6.07. The molecular weight excluding hydrogens is 368 g/mol. The summed E-state index contributed by atoms with van der Waals surface area (Å²) in [6.45, 7) is 3.86. The van der Waals surface area contributed by atoms with Crippen molar-refractivity contribution in [1.29, 1.82) is 0 Å². The molecule has 0 amide bonds. The van der Waals surface area contributed by atoms with Gasteiger partial charge in [0.25, 0.3) is 0 Å². The van der Waals surface area contributed by atoms with Gasteiger partial charge in [0.15, 0.2) is 0 Å². The maximum Gasteiger partial charge on any atom is 0.334 e. The fourth-order valence-electron chi connectivity index (χ4n) is 2.11. The van der Waals surface area contributed by atoms with Gasteiger partial charge in [-0.25, -0.2) is 4.79 Å². The fraction of sp³-hybridized carbons (Fsp3) is 0.150. The predicted molar refractivity (Wildman–Crippen MR) is 97.9 cm³/mol. The summed E-state index contributed by atoms with van der Waals surface area (Å²) in [4.78, 5) is 11.9. The molecule has 0 bridgehead atoms. The monoisotopic (exact) mass is 384 g/mol. The molecule has 24 heavy (non-hydrogen) atoms. The van der Waals surface area contributed by atoms with Crippen LogP contribution in [0, 0.1) is 11.8 Å². The van der Waals surface area contributed by atoms with Gasteiger partial charge in [-0.3, -0.25) is 0 Å². The molecular formula is C20H17BrO3. The number of hydrogen-bond acceptors (Lipinski definition) is 3. The van der Waals surface area contributed by atoms with Crippen LogP contribution in [0.3, 0.4) is 0 Å². The topological polar surface area (TPSA) is 35.5 Å². The lowest BCUT2D eigenvalue weighted by molar-refractivity contribution is -0.136. The molecule has 2 aromatic rings. The molecule has 0 aliphatic heterocycles. The molecule has 0 heterocycles. The highest BCUT2D eigenvalue weighted by Crippen LogP contribution is 2.25. The number of benzene rings is 2. The van der Waals surface area contributed by atoms with Crippen LogP contribution in [0.15, 0.2) is 65.2 Å². The number of rotatable bonds is 4. The highest BCUT2D eigenvalue weighted by atomic mass is 79.9. The molecule has 0 radical (unpaired) electrons. The summed E-state index contributed by atoms with van der Waals surface area (Å²) < 4.78 is 10.9. The Morgan fingerprint density at radius 1 is 1.08 bits per heavy atom. The van der Waals surface area contributed by atoms with E-state index in [0.717, 1.165) is 21.3 Å². The summed E-state index contributed by atoms with van der Waals surface area (Å²) in [6, 6.07) is 15.0. The molecule has 1 atom stereocenters. The van der Waals surface area contributed by atoms with Gasteiger partial charge in [-0.15, -0.1) is 0 Å². The Morgan fingerprint density at radius 3 is 2.25 bits per heavy atom. The van der Waals surface area contributed by atoms with Crippen molar-refractivity contribution in [3.8, 4) is 17.6 Å². The number of ether oxygens (including phenoxy) is 2. The molecule has 0 saturated heterocycles. The van der Waals surface area contributed by atoms with Crippen molar-refractivity contribution in [2.24, 2.45) is 0 Å². The van der Waals surface area contributed by atoms with Crippen molar-refractivity contribution in [2.75, 3.05) is 14.2 Å². The zero-order valence-corrected chi connectivity index (χ0v) is 15.1. The minimum Gasteiger partial charge on any atom is -0.497 e. The average molecular weight is 385 g/mol. The lowest BCUT2D eigenvalue weighted by Crippen LogP contribution is -2.11. The second kappa shape index (κ2) is 8.37. The molecule has 0 fully saturated rings. The Hall–Kier alpha value is -2.51. The molecule has 0 saturated carbocycles. The van der Waals surface area contributed by atoms with E-state index >= 15 is 0 Å². The Morgan fingerprint density at radius 2 is 1.71 bits per heavy atom. The van der Waals surface area contributed by atoms with Gasteiger partial charge < -0.3 is 9.47 Å². The molecule has 122 valence electrons. The molecule has 3 nitrogen and oxygen atoms in total. The molecule has 0 aliphatic rings. The van der Waals surface area contributed by atoms with Gasteiger partial charge in [0.2, 0.25) is 0 Å². The first-order valence-corrected chi connectivity index (χ1v) is 8.02. The Bertz CT molecular complexity index is 780. The summed E-state index contributed by atoms with van der Waals surface area (Å²) in [6.07, 6.45) is 0. The lowest BCUT2D eigenvalue weighted by Gasteiger charge is -2.13. The molecule has 0 aliphatic carbocycles. The zero-order valence-electron chi connectivity index (χ0n) is 13.5. The summed E-state index contributed by atoms with van der Waals surface area (Å²) in [5.41, 5.74) is 2.02. The largest absolute Gasteiger partial charge is 0.497 e. The van der Waals surface area contributed by atoms with E-state index in [-0.39, 0.29) is 0 Å². The second-order valence-corrected chi connectivity index (χ2v) is 5.91. The number of halogens is 1. The average Bonchev–Trinajstić information content (AvgIpc) is 2.62. The molecule has 0 spiro atoms. The summed E-state index contributed by atoms with van der Waals surface area (Å²) >= 11 is 3.40. The molecule has 2 rings (SSSR count). The van der Waals surface area contributed by atoms with Crippen LogP contribution in [0.25, 0.3) is 0 Å². The van der Waals surface area contributed by atoms with Gasteiger partial charge >= 0.3 is 5.97 Å². The minimum atomic E-state index is -0.466. The van der Waals surface area contributed by atoms with E-state index in [4.69, 9.17) is 9.47 Å². The predicted octanol–water partition coefficient (Wildman–Crippen LogP) is 4.32. The van der Waals surface area contributed by atoms with Crippen molar-refractivity contribution < 1.29 is 14.3 Å². The fourth-order valence-corrected chi connectivity index (χ4v) is 2.37. The van der Waals surface area contributed by atoms with Crippen LogP contribution in [0.1, 0.15) is 17.0 Å². The first-order chi connectivity index (χ1) is 11.5. The van der Waals surface area contributed by atoms with Gasteiger partial charge in [0, 0.05) is 15.6 Å². The van der Waals surface area contributed by atoms with Crippen LogP contribution < -0.4 is 4.74 Å². The first kappa shape index (κ1) is 17.8. The third-order valence-corrected chi connectivity index (χ3v) is 3.98. The first-order valence-electron chi connectivity index (χ1n) is 7.23. The van der Waals surface area contributed by atoms with E-state index < -0.39 is 11.9 Å². The maximum absolute atomic E-state index is 11.9. The van der Waals surface area contributed by atoms with Gasteiger partial charge in [0.05, 0.1) is 20.1 Å². The molecule has 0 unspecified atom stereocenters. The van der Waals surface area contributed by atoms with Crippen LogP contribution in [0.5, 0.6) is 5.75 Å². The van der Waals surface area contributed by atoms with E-state index in [1.165, 1.54) is 7.11 Å². The highest BCUT2D eigenvalue weighted by molar-refractivity contribution is 9.10. The summed E-state index contributed by atoms with van der Waals surface area (Å²) in [7, 11) is 2.95. The van der Waals surface area contributed by atoms with Crippen LogP contribution in [0.2, 0.25) is 0 Å². The smallest absolute Gasteiger partial charge is 0.334 e. The van der Waals surface area contributed by atoms with Crippen molar-refractivity contribution in [2.45, 2.75) is 5.92 Å². The van der Waals surface area contributed by atoms with E-state index in [2.05, 4.69) is 34.3 Å². The second-order valence-electron chi connectivity index (χ2n) is 5.00. The normalized spacial score (nSPS) is 11.0. The lowest BCUT2D eigenvalue weighted by atomic mass is 9.92. The quantitative estimate of drug-likeness (QED) is 0.447. The van der Waals surface area contributed by atoms with Crippen molar-refractivity contribution in [3.05, 3.63) is 76.3 Å². The summed E-state index contributed by atoms with van der Waals surface area (Å²) in [5, 5.41) is 0. The van der Waals surface area contributed by atoms with Gasteiger partial charge in [-0.2, -0.15) is 0 Å². The van der Waals surface area contributed by atoms with E-state index in [1.807, 2.05) is 48.5 Å². The number of carbonyl (C=O) groups excluding carboxylic acids is 1. The molecule has 0 N–H and O–H groups in total. The van der Waals surface area contributed by atoms with Crippen LogP contribution >= 0.6 is 15.9 Å². The van der Waals surface area contributed by atoms with Gasteiger partial charge in [-0.1, -0.05) is 46.5 Å². The van der Waals surface area contributed by atoms with Crippen LogP contribution in [-0.2, 0) is 9.53 Å².